The summed E-state index contributed by atoms with van der Waals surface area (Å²) in [6, 6.07) is 5.87. The largest absolute Gasteiger partial charge is 0.354 e. The van der Waals surface area contributed by atoms with Crippen molar-refractivity contribution in [2.45, 2.75) is 38.5 Å². The van der Waals surface area contributed by atoms with Crippen LogP contribution >= 0.6 is 0 Å². The van der Waals surface area contributed by atoms with Crippen LogP contribution in [0.2, 0.25) is 0 Å². The molecular formula is C17H23FN2O2. The fourth-order valence-corrected chi connectivity index (χ4v) is 2.75. The van der Waals surface area contributed by atoms with Gasteiger partial charge in [0.15, 0.2) is 0 Å². The highest BCUT2D eigenvalue weighted by Gasteiger charge is 2.20. The van der Waals surface area contributed by atoms with Crippen molar-refractivity contribution < 1.29 is 14.0 Å². The minimum atomic E-state index is -0.311. The summed E-state index contributed by atoms with van der Waals surface area (Å²) in [6.07, 6.45) is 5.66. The number of hydrogen-bond acceptors (Lipinski definition) is 2. The Bertz CT molecular complexity index is 496. The van der Waals surface area contributed by atoms with E-state index in [1.807, 2.05) is 0 Å². The maximum atomic E-state index is 12.8. The summed E-state index contributed by atoms with van der Waals surface area (Å²) in [6.45, 7) is 0.864. The molecule has 22 heavy (non-hydrogen) atoms. The van der Waals surface area contributed by atoms with Crippen LogP contribution in [0.5, 0.6) is 0 Å². The van der Waals surface area contributed by atoms with Gasteiger partial charge in [-0.2, -0.15) is 0 Å². The van der Waals surface area contributed by atoms with Gasteiger partial charge >= 0.3 is 0 Å². The number of nitrogens with one attached hydrogen (secondary N) is 2. The van der Waals surface area contributed by atoms with E-state index in [1.54, 1.807) is 12.1 Å². The summed E-state index contributed by atoms with van der Waals surface area (Å²) in [4.78, 5) is 23.6. The third-order valence-corrected chi connectivity index (χ3v) is 4.00. The van der Waals surface area contributed by atoms with Gasteiger partial charge in [-0.05, 0) is 30.5 Å². The monoisotopic (exact) mass is 306 g/mol. The SMILES string of the molecule is O=C(Cc1ccc(F)cc1)NCCNC(=O)C1CCCCC1. The zero-order valence-corrected chi connectivity index (χ0v) is 12.7. The van der Waals surface area contributed by atoms with Crippen LogP contribution in [0.15, 0.2) is 24.3 Å². The minimum Gasteiger partial charge on any atom is -0.354 e. The van der Waals surface area contributed by atoms with Crippen molar-refractivity contribution in [3.05, 3.63) is 35.6 Å². The molecule has 0 aromatic heterocycles. The molecular weight excluding hydrogens is 283 g/mol. The van der Waals surface area contributed by atoms with E-state index in [4.69, 9.17) is 0 Å². The molecule has 0 spiro atoms. The third-order valence-electron chi connectivity index (χ3n) is 4.00. The normalized spacial score (nSPS) is 15.3. The molecule has 2 amide bonds. The van der Waals surface area contributed by atoms with Gasteiger partial charge < -0.3 is 10.6 Å². The fraction of sp³-hybridized carbons (Fsp3) is 0.529. The van der Waals surface area contributed by atoms with E-state index in [2.05, 4.69) is 10.6 Å². The first-order chi connectivity index (χ1) is 10.6. The van der Waals surface area contributed by atoms with Gasteiger partial charge in [-0.25, -0.2) is 4.39 Å². The number of halogens is 1. The van der Waals surface area contributed by atoms with Crippen LogP contribution in [0, 0.1) is 11.7 Å². The lowest BCUT2D eigenvalue weighted by Crippen LogP contribution is -2.38. The molecule has 0 aliphatic heterocycles. The Kier molecular flexibility index (Phi) is 6.37. The average Bonchev–Trinajstić information content (AvgIpc) is 2.54. The molecule has 0 bridgehead atoms. The van der Waals surface area contributed by atoms with Gasteiger partial charge in [-0.1, -0.05) is 31.4 Å². The van der Waals surface area contributed by atoms with Crippen molar-refractivity contribution in [1.29, 1.82) is 0 Å². The first-order valence-electron chi connectivity index (χ1n) is 7.94. The van der Waals surface area contributed by atoms with E-state index >= 15 is 0 Å². The van der Waals surface area contributed by atoms with Gasteiger partial charge in [-0.3, -0.25) is 9.59 Å². The number of carbonyl (C=O) groups is 2. The van der Waals surface area contributed by atoms with Crippen molar-refractivity contribution >= 4 is 11.8 Å². The standard InChI is InChI=1S/C17H23FN2O2/c18-15-8-6-13(7-9-15)12-16(21)19-10-11-20-17(22)14-4-2-1-3-5-14/h6-9,14H,1-5,10-12H2,(H,19,21)(H,20,22). The Morgan fingerprint density at radius 1 is 1.00 bits per heavy atom. The molecule has 2 rings (SSSR count). The Morgan fingerprint density at radius 3 is 2.32 bits per heavy atom. The molecule has 1 aliphatic rings. The van der Waals surface area contributed by atoms with E-state index in [-0.39, 0.29) is 30.0 Å². The lowest BCUT2D eigenvalue weighted by molar-refractivity contribution is -0.126. The van der Waals surface area contributed by atoms with E-state index in [0.717, 1.165) is 31.2 Å². The second-order valence-electron chi connectivity index (χ2n) is 5.78. The summed E-state index contributed by atoms with van der Waals surface area (Å²) in [5, 5.41) is 5.63. The molecule has 1 saturated carbocycles. The summed E-state index contributed by atoms with van der Waals surface area (Å²) in [5.41, 5.74) is 0.769. The van der Waals surface area contributed by atoms with Gasteiger partial charge in [0.1, 0.15) is 5.82 Å². The van der Waals surface area contributed by atoms with E-state index in [0.29, 0.717) is 13.1 Å². The van der Waals surface area contributed by atoms with E-state index in [1.165, 1.54) is 18.6 Å². The molecule has 0 heterocycles. The van der Waals surface area contributed by atoms with Crippen molar-refractivity contribution in [3.63, 3.8) is 0 Å². The van der Waals surface area contributed by atoms with Gasteiger partial charge in [-0.15, -0.1) is 0 Å². The fourth-order valence-electron chi connectivity index (χ4n) is 2.75. The molecule has 0 atom stereocenters. The van der Waals surface area contributed by atoms with Crippen LogP contribution in [0.4, 0.5) is 4.39 Å². The van der Waals surface area contributed by atoms with Crippen LogP contribution in [-0.4, -0.2) is 24.9 Å². The van der Waals surface area contributed by atoms with Gasteiger partial charge in [0.2, 0.25) is 11.8 Å². The highest BCUT2D eigenvalue weighted by molar-refractivity contribution is 5.79. The van der Waals surface area contributed by atoms with Crippen molar-refractivity contribution in [2.24, 2.45) is 5.92 Å². The molecule has 1 fully saturated rings. The lowest BCUT2D eigenvalue weighted by atomic mass is 9.89. The van der Waals surface area contributed by atoms with Crippen LogP contribution in [0.1, 0.15) is 37.7 Å². The zero-order valence-electron chi connectivity index (χ0n) is 12.7. The summed E-state index contributed by atoms with van der Waals surface area (Å²) < 4.78 is 12.8. The summed E-state index contributed by atoms with van der Waals surface area (Å²) in [5.74, 6) is -0.191. The predicted molar refractivity (Wildman–Crippen MR) is 82.7 cm³/mol. The highest BCUT2D eigenvalue weighted by atomic mass is 19.1. The molecule has 1 aromatic carbocycles. The number of benzene rings is 1. The Labute approximate surface area is 130 Å². The highest BCUT2D eigenvalue weighted by Crippen LogP contribution is 2.23. The molecule has 0 unspecified atom stereocenters. The molecule has 0 radical (unpaired) electrons. The molecule has 4 nitrogen and oxygen atoms in total. The maximum absolute atomic E-state index is 12.8. The van der Waals surface area contributed by atoms with Gasteiger partial charge in [0.25, 0.3) is 0 Å². The molecule has 5 heteroatoms. The van der Waals surface area contributed by atoms with Crippen LogP contribution in [0.25, 0.3) is 0 Å². The van der Waals surface area contributed by atoms with Gasteiger partial charge in [0, 0.05) is 19.0 Å². The first kappa shape index (κ1) is 16.5. The maximum Gasteiger partial charge on any atom is 0.224 e. The number of hydrogen-bond donors (Lipinski definition) is 2. The van der Waals surface area contributed by atoms with Crippen LogP contribution in [0.3, 0.4) is 0 Å². The molecule has 0 saturated heterocycles. The number of amides is 2. The summed E-state index contributed by atoms with van der Waals surface area (Å²) >= 11 is 0. The first-order valence-corrected chi connectivity index (χ1v) is 7.94. The third kappa shape index (κ3) is 5.47. The number of carbonyl (C=O) groups excluding carboxylic acids is 2. The van der Waals surface area contributed by atoms with Crippen molar-refractivity contribution in [2.75, 3.05) is 13.1 Å². The predicted octanol–water partition coefficient (Wildman–Crippen LogP) is 2.18. The van der Waals surface area contributed by atoms with Crippen molar-refractivity contribution in [1.82, 2.24) is 10.6 Å². The smallest absolute Gasteiger partial charge is 0.224 e. The molecule has 1 aliphatic carbocycles. The Morgan fingerprint density at radius 2 is 1.64 bits per heavy atom. The lowest BCUT2D eigenvalue weighted by Gasteiger charge is -2.20. The summed E-state index contributed by atoms with van der Waals surface area (Å²) in [7, 11) is 0. The van der Waals surface area contributed by atoms with Crippen LogP contribution < -0.4 is 10.6 Å². The average molecular weight is 306 g/mol. The Balaban J connectivity index is 1.60. The Hall–Kier alpha value is -1.91. The zero-order chi connectivity index (χ0) is 15.8. The minimum absolute atomic E-state index is 0.104. The van der Waals surface area contributed by atoms with Crippen LogP contribution in [-0.2, 0) is 16.0 Å². The quantitative estimate of drug-likeness (QED) is 0.792. The molecule has 120 valence electrons. The van der Waals surface area contributed by atoms with E-state index < -0.39 is 0 Å². The second-order valence-corrected chi connectivity index (χ2v) is 5.78. The number of rotatable bonds is 6. The van der Waals surface area contributed by atoms with Crippen molar-refractivity contribution in [3.8, 4) is 0 Å². The van der Waals surface area contributed by atoms with Gasteiger partial charge in [0.05, 0.1) is 6.42 Å². The molecule has 2 N–H and O–H groups in total. The molecule has 1 aromatic rings. The van der Waals surface area contributed by atoms with E-state index in [9.17, 15) is 14.0 Å². The second kappa shape index (κ2) is 8.51. The topological polar surface area (TPSA) is 58.2 Å².